The number of aryl methyl sites for hydroxylation is 3. The highest BCUT2D eigenvalue weighted by atomic mass is 16.5. The molecule has 0 aliphatic carbocycles. The monoisotopic (exact) mass is 535 g/mol. The molecule has 2 aromatic carbocycles. The molecule has 4 rings (SSSR count). The predicted molar refractivity (Wildman–Crippen MR) is 141 cm³/mol. The molecule has 0 aliphatic rings. The number of nitrogens with one attached hydrogen (secondary N) is 2. The van der Waals surface area contributed by atoms with Crippen LogP contribution in [0, 0.1) is 6.92 Å². The summed E-state index contributed by atoms with van der Waals surface area (Å²) in [5.74, 6) is 0.207. The lowest BCUT2D eigenvalue weighted by Gasteiger charge is -2.22. The quantitative estimate of drug-likeness (QED) is 0.260. The number of ether oxygens (including phenoxy) is 3. The number of aromatic amines is 1. The van der Waals surface area contributed by atoms with Gasteiger partial charge in [-0.25, -0.2) is 4.79 Å². The second-order valence-corrected chi connectivity index (χ2v) is 8.70. The van der Waals surface area contributed by atoms with E-state index in [2.05, 4.69) is 25.9 Å². The van der Waals surface area contributed by atoms with Crippen molar-refractivity contribution in [3.63, 3.8) is 0 Å². The van der Waals surface area contributed by atoms with Crippen LogP contribution in [0.2, 0.25) is 0 Å². The molecule has 1 amide bonds. The fourth-order valence-corrected chi connectivity index (χ4v) is 4.39. The summed E-state index contributed by atoms with van der Waals surface area (Å²) in [7, 11) is 4.38. The Kier molecular flexibility index (Phi) is 8.44. The molecule has 2 aromatic heterocycles. The molecular formula is C27H29N5O7. The molecule has 12 nitrogen and oxygen atoms in total. The Labute approximate surface area is 223 Å². The van der Waals surface area contributed by atoms with Gasteiger partial charge in [-0.05, 0) is 37.1 Å². The second-order valence-electron chi connectivity index (χ2n) is 8.70. The maximum absolute atomic E-state index is 13.3. The molecule has 2 heterocycles. The van der Waals surface area contributed by atoms with Crippen LogP contribution in [0.15, 0.2) is 51.7 Å². The normalized spacial score (nSPS) is 11.6. The molecule has 0 aliphatic heterocycles. The Morgan fingerprint density at radius 1 is 1.05 bits per heavy atom. The summed E-state index contributed by atoms with van der Waals surface area (Å²) in [6, 6.07) is 12.0. The summed E-state index contributed by atoms with van der Waals surface area (Å²) in [5.41, 5.74) is 1.22. The summed E-state index contributed by atoms with van der Waals surface area (Å²) >= 11 is 0. The molecule has 204 valence electrons. The zero-order valence-corrected chi connectivity index (χ0v) is 22.0. The van der Waals surface area contributed by atoms with Gasteiger partial charge in [-0.15, -0.1) is 10.2 Å². The van der Waals surface area contributed by atoms with Crippen molar-refractivity contribution in [2.75, 3.05) is 26.6 Å². The summed E-state index contributed by atoms with van der Waals surface area (Å²) in [5, 5.41) is 27.5. The number of tetrazole rings is 1. The lowest BCUT2D eigenvalue weighted by Crippen LogP contribution is -2.21. The molecule has 0 spiro atoms. The van der Waals surface area contributed by atoms with E-state index in [1.165, 1.54) is 27.4 Å². The smallest absolute Gasteiger partial charge is 0.343 e. The third kappa shape index (κ3) is 6.17. The SMILES string of the molecule is COc1ccc(C(CC(=O)Nc2ccc(CCc3nn[nH]n3)cc2)c2c(O)cc(C)oc2=O)c(OC)c1OC. The first kappa shape index (κ1) is 27.2. The van der Waals surface area contributed by atoms with Gasteiger partial charge in [-0.1, -0.05) is 23.4 Å². The van der Waals surface area contributed by atoms with E-state index in [1.54, 1.807) is 31.2 Å². The van der Waals surface area contributed by atoms with Crippen molar-refractivity contribution in [2.45, 2.75) is 32.1 Å². The van der Waals surface area contributed by atoms with Gasteiger partial charge in [0, 0.05) is 36.1 Å². The maximum Gasteiger partial charge on any atom is 0.343 e. The van der Waals surface area contributed by atoms with Crippen LogP contribution in [0.4, 0.5) is 5.69 Å². The number of rotatable bonds is 11. The van der Waals surface area contributed by atoms with Crippen LogP contribution in [-0.4, -0.2) is 53.0 Å². The van der Waals surface area contributed by atoms with Gasteiger partial charge in [0.25, 0.3) is 0 Å². The summed E-state index contributed by atoms with van der Waals surface area (Å²) < 4.78 is 21.7. The molecular weight excluding hydrogens is 506 g/mol. The number of methoxy groups -OCH3 is 3. The molecule has 1 unspecified atom stereocenters. The number of benzene rings is 2. The molecule has 1 atom stereocenters. The maximum atomic E-state index is 13.3. The Balaban J connectivity index is 1.62. The van der Waals surface area contributed by atoms with Gasteiger partial charge < -0.3 is 29.1 Å². The van der Waals surface area contributed by atoms with Crippen LogP contribution < -0.4 is 25.2 Å². The van der Waals surface area contributed by atoms with E-state index < -0.39 is 17.5 Å². The minimum absolute atomic E-state index is 0.0712. The summed E-state index contributed by atoms with van der Waals surface area (Å²) in [4.78, 5) is 26.2. The highest BCUT2D eigenvalue weighted by Gasteiger charge is 2.30. The summed E-state index contributed by atoms with van der Waals surface area (Å²) in [6.07, 6.45) is 1.13. The number of carbonyl (C=O) groups is 1. The Morgan fingerprint density at radius 2 is 1.79 bits per heavy atom. The van der Waals surface area contributed by atoms with Crippen LogP contribution in [0.5, 0.6) is 23.0 Å². The van der Waals surface area contributed by atoms with Crippen molar-refractivity contribution in [1.82, 2.24) is 20.6 Å². The number of anilines is 1. The molecule has 0 saturated carbocycles. The van der Waals surface area contributed by atoms with Crippen molar-refractivity contribution in [2.24, 2.45) is 0 Å². The van der Waals surface area contributed by atoms with Crippen LogP contribution in [0.1, 0.15) is 40.6 Å². The number of nitrogens with zero attached hydrogens (tertiary/aromatic N) is 3. The number of aromatic hydroxyl groups is 1. The van der Waals surface area contributed by atoms with Crippen molar-refractivity contribution >= 4 is 11.6 Å². The van der Waals surface area contributed by atoms with E-state index in [0.717, 1.165) is 5.56 Å². The van der Waals surface area contributed by atoms with Gasteiger partial charge >= 0.3 is 5.63 Å². The second kappa shape index (κ2) is 12.1. The van der Waals surface area contributed by atoms with Crippen molar-refractivity contribution < 1.29 is 28.5 Å². The highest BCUT2D eigenvalue weighted by molar-refractivity contribution is 5.91. The molecule has 12 heteroatoms. The fraction of sp³-hybridized carbons (Fsp3) is 0.296. The largest absolute Gasteiger partial charge is 0.507 e. The van der Waals surface area contributed by atoms with E-state index in [0.29, 0.717) is 35.7 Å². The first-order chi connectivity index (χ1) is 18.8. The highest BCUT2D eigenvalue weighted by Crippen LogP contribution is 2.46. The Bertz CT molecular complexity index is 1480. The van der Waals surface area contributed by atoms with Gasteiger partial charge in [-0.2, -0.15) is 5.21 Å². The topological polar surface area (TPSA) is 162 Å². The molecule has 4 aromatic rings. The third-order valence-electron chi connectivity index (χ3n) is 6.20. The minimum Gasteiger partial charge on any atom is -0.507 e. The van der Waals surface area contributed by atoms with Gasteiger partial charge in [0.2, 0.25) is 11.7 Å². The first-order valence-electron chi connectivity index (χ1n) is 12.1. The van der Waals surface area contributed by atoms with Crippen LogP contribution in [0.3, 0.4) is 0 Å². The lowest BCUT2D eigenvalue weighted by atomic mass is 9.87. The average molecular weight is 536 g/mol. The van der Waals surface area contributed by atoms with Crippen molar-refractivity contribution in [1.29, 1.82) is 0 Å². The number of amides is 1. The molecule has 0 radical (unpaired) electrons. The zero-order valence-electron chi connectivity index (χ0n) is 22.0. The molecule has 0 bridgehead atoms. The van der Waals surface area contributed by atoms with Gasteiger partial charge in [0.15, 0.2) is 17.3 Å². The average Bonchev–Trinajstić information content (AvgIpc) is 3.44. The van der Waals surface area contributed by atoms with Crippen LogP contribution in [0.25, 0.3) is 0 Å². The van der Waals surface area contributed by atoms with Crippen LogP contribution in [-0.2, 0) is 17.6 Å². The van der Waals surface area contributed by atoms with E-state index in [9.17, 15) is 14.7 Å². The Hall–Kier alpha value is -4.87. The van der Waals surface area contributed by atoms with E-state index in [-0.39, 0.29) is 35.0 Å². The van der Waals surface area contributed by atoms with Gasteiger partial charge in [0.1, 0.15) is 11.5 Å². The predicted octanol–water partition coefficient (Wildman–Crippen LogP) is 3.14. The minimum atomic E-state index is -0.925. The van der Waals surface area contributed by atoms with Gasteiger partial charge in [-0.3, -0.25) is 4.79 Å². The zero-order chi connectivity index (χ0) is 27.9. The molecule has 0 saturated heterocycles. The van der Waals surface area contributed by atoms with E-state index in [4.69, 9.17) is 18.6 Å². The number of aromatic nitrogens is 4. The molecule has 3 N–H and O–H groups in total. The number of hydrogen-bond donors (Lipinski definition) is 3. The molecule has 39 heavy (non-hydrogen) atoms. The lowest BCUT2D eigenvalue weighted by molar-refractivity contribution is -0.116. The third-order valence-corrected chi connectivity index (χ3v) is 6.20. The van der Waals surface area contributed by atoms with E-state index in [1.807, 2.05) is 12.1 Å². The number of carbonyl (C=O) groups excluding carboxylic acids is 1. The number of H-pyrrole nitrogens is 1. The van der Waals surface area contributed by atoms with E-state index >= 15 is 0 Å². The number of hydrogen-bond acceptors (Lipinski definition) is 10. The fourth-order valence-electron chi connectivity index (χ4n) is 4.39. The van der Waals surface area contributed by atoms with Gasteiger partial charge in [0.05, 0.1) is 26.9 Å². The summed E-state index contributed by atoms with van der Waals surface area (Å²) in [6.45, 7) is 1.55. The molecule has 0 fully saturated rings. The Morgan fingerprint density at radius 3 is 2.41 bits per heavy atom. The first-order valence-corrected chi connectivity index (χ1v) is 12.1. The standard InChI is InChI=1S/C27H29N5O7/c1-15-13-20(33)24(27(35)39-15)19(18-10-11-21(36-2)26(38-4)25(18)37-3)14-23(34)28-17-8-5-16(6-9-17)7-12-22-29-31-32-30-22/h5-6,8-11,13,19,33H,7,12,14H2,1-4H3,(H,28,34)(H,29,30,31,32). The van der Waals surface area contributed by atoms with Crippen molar-refractivity contribution in [3.05, 3.63) is 81.2 Å². The van der Waals surface area contributed by atoms with Crippen LogP contribution >= 0.6 is 0 Å². The van der Waals surface area contributed by atoms with Crippen molar-refractivity contribution in [3.8, 4) is 23.0 Å².